The molecule has 4 nitrogen and oxygen atoms in total. The SMILES string of the molecule is CCOC(=O)C(C)O[C@]12CCCC1(c1ccccc1)CCO2. The van der Waals surface area contributed by atoms with Crippen LogP contribution in [0.1, 0.15) is 45.1 Å². The van der Waals surface area contributed by atoms with Gasteiger partial charge in [0.15, 0.2) is 11.9 Å². The first-order valence-corrected chi connectivity index (χ1v) is 8.17. The summed E-state index contributed by atoms with van der Waals surface area (Å²) in [7, 11) is 0. The maximum atomic E-state index is 12.0. The zero-order valence-electron chi connectivity index (χ0n) is 13.3. The second-order valence-corrected chi connectivity index (χ2v) is 6.17. The summed E-state index contributed by atoms with van der Waals surface area (Å²) in [5.41, 5.74) is 1.11. The lowest BCUT2D eigenvalue weighted by atomic mass is 9.74. The summed E-state index contributed by atoms with van der Waals surface area (Å²) >= 11 is 0. The standard InChI is InChI=1S/C18H24O4/c1-3-20-16(19)14(2)22-18-11-7-10-17(18,12-13-21-18)15-8-5-4-6-9-15/h4-6,8-9,14H,3,7,10-13H2,1-2H3/t14?,17?,18-/m1/s1. The molecule has 1 aliphatic heterocycles. The highest BCUT2D eigenvalue weighted by Gasteiger charge is 2.62. The molecule has 22 heavy (non-hydrogen) atoms. The Bertz CT molecular complexity index is 515. The zero-order chi connectivity index (χ0) is 15.6. The topological polar surface area (TPSA) is 44.8 Å². The number of ether oxygens (including phenoxy) is 3. The highest BCUT2D eigenvalue weighted by molar-refractivity contribution is 5.74. The Kier molecular flexibility index (Phi) is 4.24. The third kappa shape index (κ3) is 2.34. The van der Waals surface area contributed by atoms with E-state index in [2.05, 4.69) is 24.3 Å². The summed E-state index contributed by atoms with van der Waals surface area (Å²) in [6.07, 6.45) is 3.23. The monoisotopic (exact) mass is 304 g/mol. The van der Waals surface area contributed by atoms with E-state index in [1.165, 1.54) is 5.56 Å². The minimum atomic E-state index is -0.694. The van der Waals surface area contributed by atoms with Gasteiger partial charge in [-0.1, -0.05) is 30.3 Å². The van der Waals surface area contributed by atoms with Gasteiger partial charge in [0.25, 0.3) is 0 Å². The van der Waals surface area contributed by atoms with Gasteiger partial charge in [-0.2, -0.15) is 0 Å². The van der Waals surface area contributed by atoms with Gasteiger partial charge < -0.3 is 14.2 Å². The fraction of sp³-hybridized carbons (Fsp3) is 0.611. The molecule has 0 N–H and O–H groups in total. The zero-order valence-corrected chi connectivity index (χ0v) is 13.3. The summed E-state index contributed by atoms with van der Waals surface area (Å²) in [5.74, 6) is -1.01. The predicted octanol–water partition coefficient (Wildman–Crippen LogP) is 3.19. The first-order valence-electron chi connectivity index (χ1n) is 8.17. The van der Waals surface area contributed by atoms with Crippen LogP contribution in [0.5, 0.6) is 0 Å². The van der Waals surface area contributed by atoms with Crippen molar-refractivity contribution < 1.29 is 19.0 Å². The lowest BCUT2D eigenvalue weighted by Gasteiger charge is -2.40. The smallest absolute Gasteiger partial charge is 0.335 e. The summed E-state index contributed by atoms with van der Waals surface area (Å²) in [6.45, 7) is 4.59. The van der Waals surface area contributed by atoms with Crippen LogP contribution >= 0.6 is 0 Å². The molecule has 0 aromatic heterocycles. The van der Waals surface area contributed by atoms with E-state index in [1.807, 2.05) is 6.07 Å². The largest absolute Gasteiger partial charge is 0.464 e. The molecule has 1 aliphatic carbocycles. The van der Waals surface area contributed by atoms with Crippen molar-refractivity contribution in [2.24, 2.45) is 0 Å². The summed E-state index contributed by atoms with van der Waals surface area (Å²) < 4.78 is 17.4. The fourth-order valence-corrected chi connectivity index (χ4v) is 4.03. The molecule has 1 saturated carbocycles. The van der Waals surface area contributed by atoms with Gasteiger partial charge in [-0.3, -0.25) is 0 Å². The van der Waals surface area contributed by atoms with Gasteiger partial charge in [0.05, 0.1) is 18.6 Å². The fourth-order valence-electron chi connectivity index (χ4n) is 4.03. The van der Waals surface area contributed by atoms with Gasteiger partial charge in [-0.25, -0.2) is 4.79 Å². The number of hydrogen-bond acceptors (Lipinski definition) is 4. The molecule has 2 fully saturated rings. The van der Waals surface area contributed by atoms with Gasteiger partial charge in [-0.05, 0) is 38.7 Å². The molecule has 0 radical (unpaired) electrons. The second kappa shape index (κ2) is 6.01. The molecule has 2 aliphatic rings. The van der Waals surface area contributed by atoms with Gasteiger partial charge in [0, 0.05) is 6.42 Å². The van der Waals surface area contributed by atoms with Crippen molar-refractivity contribution in [1.82, 2.24) is 0 Å². The van der Waals surface area contributed by atoms with Crippen molar-refractivity contribution in [1.29, 1.82) is 0 Å². The second-order valence-electron chi connectivity index (χ2n) is 6.17. The third-order valence-electron chi connectivity index (χ3n) is 5.01. The molecule has 0 spiro atoms. The molecule has 2 unspecified atom stereocenters. The Morgan fingerprint density at radius 3 is 2.77 bits per heavy atom. The van der Waals surface area contributed by atoms with E-state index in [0.29, 0.717) is 13.2 Å². The van der Waals surface area contributed by atoms with Gasteiger partial charge >= 0.3 is 5.97 Å². The lowest BCUT2D eigenvalue weighted by molar-refractivity contribution is -0.252. The van der Waals surface area contributed by atoms with Crippen LogP contribution in [0.3, 0.4) is 0 Å². The molecular formula is C18H24O4. The lowest BCUT2D eigenvalue weighted by Crippen LogP contribution is -2.49. The molecular weight excluding hydrogens is 280 g/mol. The number of benzene rings is 1. The number of carbonyl (C=O) groups excluding carboxylic acids is 1. The minimum absolute atomic E-state index is 0.144. The first kappa shape index (κ1) is 15.5. The molecule has 3 atom stereocenters. The Morgan fingerprint density at radius 1 is 1.27 bits per heavy atom. The van der Waals surface area contributed by atoms with E-state index in [9.17, 15) is 4.79 Å². The normalized spacial score (nSPS) is 31.7. The molecule has 0 bridgehead atoms. The third-order valence-corrected chi connectivity index (χ3v) is 5.01. The van der Waals surface area contributed by atoms with Crippen LogP contribution in [0.2, 0.25) is 0 Å². The van der Waals surface area contributed by atoms with Crippen LogP contribution in [0.15, 0.2) is 30.3 Å². The van der Waals surface area contributed by atoms with Crippen LogP contribution in [0.4, 0.5) is 0 Å². The van der Waals surface area contributed by atoms with Gasteiger partial charge in [0.2, 0.25) is 0 Å². The summed E-state index contributed by atoms with van der Waals surface area (Å²) in [5, 5.41) is 0. The van der Waals surface area contributed by atoms with E-state index >= 15 is 0 Å². The van der Waals surface area contributed by atoms with Crippen molar-refractivity contribution in [2.45, 2.75) is 56.8 Å². The highest BCUT2D eigenvalue weighted by Crippen LogP contribution is 2.57. The van der Waals surface area contributed by atoms with Crippen LogP contribution in [-0.4, -0.2) is 31.1 Å². The molecule has 1 aromatic carbocycles. The Labute approximate surface area is 131 Å². The minimum Gasteiger partial charge on any atom is -0.464 e. The number of carbonyl (C=O) groups is 1. The van der Waals surface area contributed by atoms with E-state index < -0.39 is 11.9 Å². The number of hydrogen-bond donors (Lipinski definition) is 0. The van der Waals surface area contributed by atoms with Crippen molar-refractivity contribution in [3.8, 4) is 0 Å². The van der Waals surface area contributed by atoms with Gasteiger partial charge in [0.1, 0.15) is 0 Å². The Balaban J connectivity index is 1.89. The van der Waals surface area contributed by atoms with E-state index in [4.69, 9.17) is 14.2 Å². The maximum absolute atomic E-state index is 12.0. The molecule has 120 valence electrons. The number of fused-ring (bicyclic) bond motifs is 1. The van der Waals surface area contributed by atoms with Crippen molar-refractivity contribution >= 4 is 5.97 Å². The predicted molar refractivity (Wildman–Crippen MR) is 82.5 cm³/mol. The van der Waals surface area contributed by atoms with E-state index in [1.54, 1.807) is 13.8 Å². The quantitative estimate of drug-likeness (QED) is 0.784. The number of esters is 1. The average molecular weight is 304 g/mol. The molecule has 1 saturated heterocycles. The van der Waals surface area contributed by atoms with Crippen molar-refractivity contribution in [3.63, 3.8) is 0 Å². The molecule has 0 amide bonds. The average Bonchev–Trinajstić information content (AvgIpc) is 3.04. The summed E-state index contributed by atoms with van der Waals surface area (Å²) in [4.78, 5) is 12.0. The van der Waals surface area contributed by atoms with Crippen LogP contribution < -0.4 is 0 Å². The molecule has 1 heterocycles. The Hall–Kier alpha value is -1.39. The molecule has 1 aromatic rings. The van der Waals surface area contributed by atoms with Crippen LogP contribution in [0.25, 0.3) is 0 Å². The highest BCUT2D eigenvalue weighted by atomic mass is 16.7. The van der Waals surface area contributed by atoms with E-state index in [-0.39, 0.29) is 11.4 Å². The maximum Gasteiger partial charge on any atom is 0.335 e. The first-order chi connectivity index (χ1) is 10.6. The van der Waals surface area contributed by atoms with E-state index in [0.717, 1.165) is 25.7 Å². The van der Waals surface area contributed by atoms with Crippen LogP contribution in [-0.2, 0) is 24.4 Å². The van der Waals surface area contributed by atoms with Crippen molar-refractivity contribution in [3.05, 3.63) is 35.9 Å². The van der Waals surface area contributed by atoms with Crippen LogP contribution in [0, 0.1) is 0 Å². The van der Waals surface area contributed by atoms with Gasteiger partial charge in [-0.15, -0.1) is 0 Å². The molecule has 3 rings (SSSR count). The molecule has 4 heteroatoms. The number of rotatable bonds is 5. The summed E-state index contributed by atoms with van der Waals surface area (Å²) in [6, 6.07) is 10.4. The van der Waals surface area contributed by atoms with Crippen molar-refractivity contribution in [2.75, 3.05) is 13.2 Å². The Morgan fingerprint density at radius 2 is 2.05 bits per heavy atom.